The van der Waals surface area contributed by atoms with Crippen LogP contribution in [0.4, 0.5) is 4.39 Å². The Balaban J connectivity index is 1.66. The third-order valence-electron chi connectivity index (χ3n) is 3.06. The van der Waals surface area contributed by atoms with Gasteiger partial charge < -0.3 is 0 Å². The number of aromatic nitrogens is 3. The second kappa shape index (κ2) is 6.66. The third-order valence-corrected chi connectivity index (χ3v) is 3.56. The Hall–Kier alpha value is -2.61. The van der Waals surface area contributed by atoms with E-state index in [9.17, 15) is 9.18 Å². The summed E-state index contributed by atoms with van der Waals surface area (Å²) in [7, 11) is 0. The van der Waals surface area contributed by atoms with Crippen molar-refractivity contribution < 1.29 is 9.18 Å². The summed E-state index contributed by atoms with van der Waals surface area (Å²) in [5.74, 6) is -0.805. The van der Waals surface area contributed by atoms with E-state index in [0.717, 1.165) is 9.99 Å². The van der Waals surface area contributed by atoms with Crippen molar-refractivity contribution in [3.63, 3.8) is 0 Å². The van der Waals surface area contributed by atoms with E-state index < -0.39 is 5.82 Å². The lowest BCUT2D eigenvalue weighted by molar-refractivity contribution is -0.121. The molecule has 1 N–H and O–H groups in total. The maximum absolute atomic E-state index is 13.5. The second-order valence-corrected chi connectivity index (χ2v) is 5.61. The molecule has 0 saturated heterocycles. The van der Waals surface area contributed by atoms with Crippen molar-refractivity contribution in [2.75, 3.05) is 0 Å². The summed E-state index contributed by atoms with van der Waals surface area (Å²) in [6, 6.07) is 11.8. The summed E-state index contributed by atoms with van der Waals surface area (Å²) in [5.41, 5.74) is 4.07. The summed E-state index contributed by atoms with van der Waals surface area (Å²) in [6.07, 6.45) is 1.25. The van der Waals surface area contributed by atoms with Gasteiger partial charge in [0.25, 0.3) is 5.91 Å². The van der Waals surface area contributed by atoms with Crippen molar-refractivity contribution in [2.24, 2.45) is 5.10 Å². The molecule has 0 aliphatic carbocycles. The van der Waals surface area contributed by atoms with Crippen LogP contribution in [0.5, 0.6) is 0 Å². The third kappa shape index (κ3) is 3.59. The van der Waals surface area contributed by atoms with Crippen LogP contribution in [-0.4, -0.2) is 27.1 Å². The molecule has 2 aromatic carbocycles. The highest BCUT2D eigenvalue weighted by Crippen LogP contribution is 2.13. The molecule has 0 aliphatic heterocycles. The number of hydrazone groups is 1. The molecule has 0 aliphatic rings. The molecule has 3 aromatic rings. The molecule has 0 unspecified atom stereocenters. The molecular weight excluding hydrogens is 365 g/mol. The fraction of sp³-hybridized carbons (Fsp3) is 0.0667. The largest absolute Gasteiger partial charge is 0.271 e. The van der Waals surface area contributed by atoms with Crippen LogP contribution in [0.15, 0.2) is 52.0 Å². The molecule has 0 atom stereocenters. The molecule has 23 heavy (non-hydrogen) atoms. The van der Waals surface area contributed by atoms with Crippen molar-refractivity contribution in [3.05, 3.63) is 58.3 Å². The van der Waals surface area contributed by atoms with E-state index in [1.54, 1.807) is 12.1 Å². The number of carbonyl (C=O) groups is 1. The Morgan fingerprint density at radius 2 is 2.17 bits per heavy atom. The van der Waals surface area contributed by atoms with Gasteiger partial charge in [0.2, 0.25) is 0 Å². The van der Waals surface area contributed by atoms with Gasteiger partial charge in [-0.3, -0.25) is 4.79 Å². The number of nitrogens with zero attached hydrogens (tertiary/aromatic N) is 4. The van der Waals surface area contributed by atoms with E-state index in [1.807, 2.05) is 24.3 Å². The Kier molecular flexibility index (Phi) is 4.42. The number of nitrogens with one attached hydrogen (secondary N) is 1. The van der Waals surface area contributed by atoms with Gasteiger partial charge in [-0.25, -0.2) is 14.5 Å². The van der Waals surface area contributed by atoms with Gasteiger partial charge in [-0.1, -0.05) is 33.3 Å². The molecule has 1 amide bonds. The zero-order valence-electron chi connectivity index (χ0n) is 11.8. The maximum Gasteiger partial charge on any atom is 0.261 e. The fourth-order valence-corrected chi connectivity index (χ4v) is 2.37. The molecule has 1 aromatic heterocycles. The van der Waals surface area contributed by atoms with Crippen LogP contribution in [-0.2, 0) is 11.3 Å². The lowest BCUT2D eigenvalue weighted by Gasteiger charge is -2.01. The van der Waals surface area contributed by atoms with Crippen LogP contribution < -0.4 is 5.43 Å². The van der Waals surface area contributed by atoms with Crippen molar-refractivity contribution in [3.8, 4) is 0 Å². The summed E-state index contributed by atoms with van der Waals surface area (Å²) in [4.78, 5) is 11.9. The minimum Gasteiger partial charge on any atom is -0.271 e. The molecule has 0 fully saturated rings. The molecular formula is C15H11BrFN5O. The number of hydrogen-bond donors (Lipinski definition) is 1. The average molecular weight is 376 g/mol. The SMILES string of the molecule is O=C(Cn1nnc2ccccc21)N/N=C\c1cc(Br)ccc1F. The lowest BCUT2D eigenvalue weighted by Crippen LogP contribution is -2.23. The quantitative estimate of drug-likeness (QED) is 0.562. The molecule has 0 spiro atoms. The minimum atomic E-state index is -0.423. The van der Waals surface area contributed by atoms with E-state index in [-0.39, 0.29) is 18.0 Å². The highest BCUT2D eigenvalue weighted by molar-refractivity contribution is 9.10. The topological polar surface area (TPSA) is 72.2 Å². The first-order chi connectivity index (χ1) is 11.1. The number of para-hydroxylation sites is 1. The number of carbonyl (C=O) groups excluding carboxylic acids is 1. The first-order valence-corrected chi connectivity index (χ1v) is 7.48. The van der Waals surface area contributed by atoms with Crippen LogP contribution in [0.1, 0.15) is 5.56 Å². The van der Waals surface area contributed by atoms with Gasteiger partial charge in [-0.05, 0) is 30.3 Å². The fourth-order valence-electron chi connectivity index (χ4n) is 1.99. The van der Waals surface area contributed by atoms with Gasteiger partial charge in [0, 0.05) is 10.0 Å². The van der Waals surface area contributed by atoms with Gasteiger partial charge >= 0.3 is 0 Å². The van der Waals surface area contributed by atoms with E-state index in [2.05, 4.69) is 36.8 Å². The first kappa shape index (κ1) is 15.3. The zero-order valence-corrected chi connectivity index (χ0v) is 13.4. The van der Waals surface area contributed by atoms with Crippen LogP contribution in [0.25, 0.3) is 11.0 Å². The predicted octanol–water partition coefficient (Wildman–Crippen LogP) is 2.48. The molecule has 0 radical (unpaired) electrons. The highest BCUT2D eigenvalue weighted by Gasteiger charge is 2.07. The molecule has 116 valence electrons. The first-order valence-electron chi connectivity index (χ1n) is 6.68. The summed E-state index contributed by atoms with van der Waals surface area (Å²) < 4.78 is 15.7. The van der Waals surface area contributed by atoms with E-state index in [0.29, 0.717) is 5.52 Å². The van der Waals surface area contributed by atoms with Crippen molar-refractivity contribution >= 4 is 39.1 Å². The van der Waals surface area contributed by atoms with Crippen molar-refractivity contribution in [1.82, 2.24) is 20.4 Å². The van der Waals surface area contributed by atoms with E-state index >= 15 is 0 Å². The molecule has 0 bridgehead atoms. The summed E-state index contributed by atoms with van der Waals surface area (Å²) >= 11 is 3.25. The van der Waals surface area contributed by atoms with Crippen molar-refractivity contribution in [1.29, 1.82) is 0 Å². The van der Waals surface area contributed by atoms with Gasteiger partial charge in [0.1, 0.15) is 17.9 Å². The monoisotopic (exact) mass is 375 g/mol. The number of amides is 1. The maximum atomic E-state index is 13.5. The number of benzene rings is 2. The molecule has 0 saturated carbocycles. The number of rotatable bonds is 4. The van der Waals surface area contributed by atoms with Crippen LogP contribution in [0.2, 0.25) is 0 Å². The summed E-state index contributed by atoms with van der Waals surface area (Å²) in [5, 5.41) is 11.6. The van der Waals surface area contributed by atoms with Gasteiger partial charge in [0.05, 0.1) is 11.7 Å². The number of fused-ring (bicyclic) bond motifs is 1. The minimum absolute atomic E-state index is 0.0289. The normalized spacial score (nSPS) is 11.2. The van der Waals surface area contributed by atoms with Crippen LogP contribution >= 0.6 is 15.9 Å². The highest BCUT2D eigenvalue weighted by atomic mass is 79.9. The van der Waals surface area contributed by atoms with Gasteiger partial charge in [0.15, 0.2) is 0 Å². The Morgan fingerprint density at radius 1 is 1.35 bits per heavy atom. The zero-order chi connectivity index (χ0) is 16.2. The van der Waals surface area contributed by atoms with Crippen LogP contribution in [0, 0.1) is 5.82 Å². The van der Waals surface area contributed by atoms with Crippen molar-refractivity contribution in [2.45, 2.75) is 6.54 Å². The van der Waals surface area contributed by atoms with Gasteiger partial charge in [-0.15, -0.1) is 5.10 Å². The molecule has 3 rings (SSSR count). The number of hydrogen-bond acceptors (Lipinski definition) is 4. The Bertz CT molecular complexity index is 892. The van der Waals surface area contributed by atoms with Gasteiger partial charge in [-0.2, -0.15) is 5.10 Å². The van der Waals surface area contributed by atoms with E-state index in [1.165, 1.54) is 17.0 Å². The lowest BCUT2D eigenvalue weighted by atomic mass is 10.2. The smallest absolute Gasteiger partial charge is 0.261 e. The Morgan fingerprint density at radius 3 is 3.04 bits per heavy atom. The standard InChI is InChI=1S/C15H11BrFN5O/c16-11-5-6-12(17)10(7-11)8-18-20-15(23)9-22-14-4-2-1-3-13(14)19-21-22/h1-8H,9H2,(H,20,23)/b18-8-. The molecule has 6 nitrogen and oxygen atoms in total. The molecule has 8 heteroatoms. The number of halogens is 2. The summed E-state index contributed by atoms with van der Waals surface area (Å²) in [6.45, 7) is -0.0289. The predicted molar refractivity (Wildman–Crippen MR) is 87.4 cm³/mol. The van der Waals surface area contributed by atoms with E-state index in [4.69, 9.17) is 0 Å². The Labute approximate surface area is 139 Å². The average Bonchev–Trinajstić information content (AvgIpc) is 2.94. The molecule has 1 heterocycles. The second-order valence-electron chi connectivity index (χ2n) is 4.69. The van der Waals surface area contributed by atoms with Crippen LogP contribution in [0.3, 0.4) is 0 Å².